The van der Waals surface area contributed by atoms with E-state index in [2.05, 4.69) is 22.9 Å². The number of fused-ring (bicyclic) bond motifs is 1. The van der Waals surface area contributed by atoms with Gasteiger partial charge < -0.3 is 14.6 Å². The van der Waals surface area contributed by atoms with Crippen molar-refractivity contribution in [1.29, 1.82) is 0 Å². The summed E-state index contributed by atoms with van der Waals surface area (Å²) in [4.78, 5) is 14.5. The molecule has 4 heteroatoms. The number of hydrogen-bond donors (Lipinski definition) is 1. The van der Waals surface area contributed by atoms with Crippen LogP contribution in [0.25, 0.3) is 10.9 Å². The maximum atomic E-state index is 12.6. The summed E-state index contributed by atoms with van der Waals surface area (Å²) < 4.78 is 2.08. The van der Waals surface area contributed by atoms with Crippen LogP contribution in [0.2, 0.25) is 0 Å². The molecule has 0 spiro atoms. The highest BCUT2D eigenvalue weighted by Gasteiger charge is 2.25. The molecule has 3 rings (SSSR count). The Morgan fingerprint density at radius 2 is 2.00 bits per heavy atom. The van der Waals surface area contributed by atoms with Crippen LogP contribution in [-0.2, 0) is 18.3 Å². The van der Waals surface area contributed by atoms with Gasteiger partial charge in [-0.05, 0) is 37.3 Å². The van der Waals surface area contributed by atoms with Gasteiger partial charge in [0.15, 0.2) is 0 Å². The second-order valence-corrected chi connectivity index (χ2v) is 6.42. The highest BCUT2D eigenvalue weighted by atomic mass is 16.3. The molecule has 0 saturated carbocycles. The van der Waals surface area contributed by atoms with Gasteiger partial charge in [0.05, 0.1) is 12.5 Å². The summed E-state index contributed by atoms with van der Waals surface area (Å²) in [6, 6.07) is 8.20. The lowest BCUT2D eigenvalue weighted by atomic mass is 9.92. The van der Waals surface area contributed by atoms with Crippen molar-refractivity contribution in [1.82, 2.24) is 9.47 Å². The van der Waals surface area contributed by atoms with Crippen LogP contribution in [0.3, 0.4) is 0 Å². The minimum absolute atomic E-state index is 0.195. The van der Waals surface area contributed by atoms with E-state index in [0.29, 0.717) is 12.3 Å². The van der Waals surface area contributed by atoms with E-state index < -0.39 is 0 Å². The third-order valence-electron chi connectivity index (χ3n) is 4.90. The number of amides is 1. The number of nitrogens with zero attached hydrogens (tertiary/aromatic N) is 2. The molecule has 1 unspecified atom stereocenters. The Kier molecular flexibility index (Phi) is 4.21. The Labute approximate surface area is 131 Å². The highest BCUT2D eigenvalue weighted by Crippen LogP contribution is 2.24. The van der Waals surface area contributed by atoms with Crippen LogP contribution < -0.4 is 0 Å². The maximum absolute atomic E-state index is 12.6. The van der Waals surface area contributed by atoms with Crippen LogP contribution in [-0.4, -0.2) is 39.7 Å². The molecular weight excluding hydrogens is 276 g/mol. The molecule has 1 saturated heterocycles. The molecule has 1 aliphatic rings. The van der Waals surface area contributed by atoms with Crippen molar-refractivity contribution < 1.29 is 9.90 Å². The smallest absolute Gasteiger partial charge is 0.227 e. The molecule has 4 nitrogen and oxygen atoms in total. The summed E-state index contributed by atoms with van der Waals surface area (Å²) in [6.45, 7) is 3.37. The van der Waals surface area contributed by atoms with Crippen molar-refractivity contribution in [2.24, 2.45) is 13.0 Å². The van der Waals surface area contributed by atoms with Crippen molar-refractivity contribution in [3.63, 3.8) is 0 Å². The Morgan fingerprint density at radius 3 is 2.68 bits per heavy atom. The minimum Gasteiger partial charge on any atom is -0.393 e. The second-order valence-electron chi connectivity index (χ2n) is 6.42. The van der Waals surface area contributed by atoms with Crippen LogP contribution >= 0.6 is 0 Å². The quantitative estimate of drug-likeness (QED) is 0.945. The summed E-state index contributed by atoms with van der Waals surface area (Å²) >= 11 is 0. The van der Waals surface area contributed by atoms with Crippen molar-refractivity contribution in [3.8, 4) is 0 Å². The normalized spacial score (nSPS) is 17.9. The Balaban J connectivity index is 1.69. The Hall–Kier alpha value is -1.81. The first-order valence-electron chi connectivity index (χ1n) is 8.05. The maximum Gasteiger partial charge on any atom is 0.227 e. The molecule has 0 bridgehead atoms. The molecule has 1 fully saturated rings. The van der Waals surface area contributed by atoms with E-state index in [1.54, 1.807) is 0 Å². The monoisotopic (exact) mass is 300 g/mol. The highest BCUT2D eigenvalue weighted by molar-refractivity contribution is 5.89. The number of aryl methyl sites for hydroxylation is 1. The molecular formula is C18H24N2O2. The van der Waals surface area contributed by atoms with Crippen LogP contribution in [0.15, 0.2) is 30.5 Å². The average Bonchev–Trinajstić information content (AvgIpc) is 2.84. The van der Waals surface area contributed by atoms with Gasteiger partial charge in [0.2, 0.25) is 5.91 Å². The summed E-state index contributed by atoms with van der Waals surface area (Å²) in [5.41, 5.74) is 2.26. The lowest BCUT2D eigenvalue weighted by Crippen LogP contribution is -2.41. The summed E-state index contributed by atoms with van der Waals surface area (Å²) in [5.74, 6) is 0.530. The number of aliphatic hydroxyl groups excluding tert-OH is 1. The van der Waals surface area contributed by atoms with Crippen LogP contribution in [0.1, 0.15) is 25.3 Å². The van der Waals surface area contributed by atoms with E-state index in [1.165, 1.54) is 0 Å². The zero-order chi connectivity index (χ0) is 15.7. The van der Waals surface area contributed by atoms with Gasteiger partial charge in [-0.3, -0.25) is 4.79 Å². The van der Waals surface area contributed by atoms with E-state index in [-0.39, 0.29) is 12.0 Å². The van der Waals surface area contributed by atoms with Gasteiger partial charge in [0.25, 0.3) is 0 Å². The fourth-order valence-corrected chi connectivity index (χ4v) is 3.47. The zero-order valence-corrected chi connectivity index (χ0v) is 13.3. The standard InChI is InChI=1S/C18H24N2O2/c1-13(21)14-7-9-20(10-8-14)18(22)11-15-12-19(2)17-6-4-3-5-16(15)17/h3-6,12-14,21H,7-11H2,1-2H3. The Bertz CT molecular complexity index is 667. The van der Waals surface area contributed by atoms with Crippen molar-refractivity contribution in [2.75, 3.05) is 13.1 Å². The molecule has 118 valence electrons. The number of likely N-dealkylation sites (tertiary alicyclic amines) is 1. The van der Waals surface area contributed by atoms with Gasteiger partial charge in [0, 0.05) is 37.2 Å². The molecule has 1 aromatic heterocycles. The predicted octanol–water partition coefficient (Wildman–Crippen LogP) is 2.34. The van der Waals surface area contributed by atoms with Gasteiger partial charge in [0.1, 0.15) is 0 Å². The summed E-state index contributed by atoms with van der Waals surface area (Å²) in [6.07, 6.45) is 4.05. The summed E-state index contributed by atoms with van der Waals surface area (Å²) in [5, 5.41) is 10.8. The molecule has 0 radical (unpaired) electrons. The topological polar surface area (TPSA) is 45.5 Å². The number of para-hydroxylation sites is 1. The molecule has 22 heavy (non-hydrogen) atoms. The van der Waals surface area contributed by atoms with Crippen LogP contribution in [0.5, 0.6) is 0 Å². The fourth-order valence-electron chi connectivity index (χ4n) is 3.47. The van der Waals surface area contributed by atoms with E-state index in [1.807, 2.05) is 31.0 Å². The average molecular weight is 300 g/mol. The molecule has 1 N–H and O–H groups in total. The molecule has 1 atom stereocenters. The number of rotatable bonds is 3. The van der Waals surface area contributed by atoms with Crippen LogP contribution in [0.4, 0.5) is 0 Å². The van der Waals surface area contributed by atoms with Gasteiger partial charge in [-0.15, -0.1) is 0 Å². The first kappa shape index (κ1) is 15.1. The number of carbonyl (C=O) groups excluding carboxylic acids is 1. The lowest BCUT2D eigenvalue weighted by Gasteiger charge is -2.33. The molecule has 1 aromatic carbocycles. The van der Waals surface area contributed by atoms with Gasteiger partial charge in [-0.1, -0.05) is 18.2 Å². The van der Waals surface area contributed by atoms with E-state index in [9.17, 15) is 9.90 Å². The zero-order valence-electron chi connectivity index (χ0n) is 13.3. The largest absolute Gasteiger partial charge is 0.393 e. The fraction of sp³-hybridized carbons (Fsp3) is 0.500. The molecule has 2 heterocycles. The molecule has 1 aliphatic heterocycles. The number of aromatic nitrogens is 1. The third-order valence-corrected chi connectivity index (χ3v) is 4.90. The van der Waals surface area contributed by atoms with E-state index >= 15 is 0 Å². The van der Waals surface area contributed by atoms with E-state index in [4.69, 9.17) is 0 Å². The SMILES string of the molecule is CC(O)C1CCN(C(=O)Cc2cn(C)c3ccccc23)CC1. The number of hydrogen-bond acceptors (Lipinski definition) is 2. The van der Waals surface area contributed by atoms with Gasteiger partial charge >= 0.3 is 0 Å². The number of piperidine rings is 1. The summed E-state index contributed by atoms with van der Waals surface area (Å²) in [7, 11) is 2.02. The lowest BCUT2D eigenvalue weighted by molar-refractivity contribution is -0.132. The third kappa shape index (κ3) is 2.88. The Morgan fingerprint density at radius 1 is 1.32 bits per heavy atom. The first-order chi connectivity index (χ1) is 10.6. The predicted molar refractivity (Wildman–Crippen MR) is 87.6 cm³/mol. The van der Waals surface area contributed by atoms with Crippen LogP contribution in [0, 0.1) is 5.92 Å². The second kappa shape index (κ2) is 6.13. The van der Waals surface area contributed by atoms with Gasteiger partial charge in [-0.25, -0.2) is 0 Å². The van der Waals surface area contributed by atoms with Gasteiger partial charge in [-0.2, -0.15) is 0 Å². The number of aliphatic hydroxyl groups is 1. The number of benzene rings is 1. The van der Waals surface area contributed by atoms with E-state index in [0.717, 1.165) is 42.4 Å². The van der Waals surface area contributed by atoms with Crippen molar-refractivity contribution >= 4 is 16.8 Å². The van der Waals surface area contributed by atoms with Crippen molar-refractivity contribution in [2.45, 2.75) is 32.3 Å². The molecule has 1 amide bonds. The first-order valence-corrected chi connectivity index (χ1v) is 8.05. The van der Waals surface area contributed by atoms with Crippen molar-refractivity contribution in [3.05, 3.63) is 36.0 Å². The molecule has 2 aromatic rings. The minimum atomic E-state index is -0.268. The number of carbonyl (C=O) groups is 1. The molecule has 0 aliphatic carbocycles.